The van der Waals surface area contributed by atoms with Crippen LogP contribution >= 0.6 is 0 Å². The van der Waals surface area contributed by atoms with Gasteiger partial charge in [-0.25, -0.2) is 4.79 Å². The van der Waals surface area contributed by atoms with Crippen LogP contribution in [0.5, 0.6) is 0 Å². The number of carbonyl (C=O) groups is 4. The van der Waals surface area contributed by atoms with Gasteiger partial charge in [0.1, 0.15) is 0 Å². The molecular formula is C13H21NO9. The summed E-state index contributed by atoms with van der Waals surface area (Å²) in [7, 11) is 2.24. The van der Waals surface area contributed by atoms with Gasteiger partial charge in [0.25, 0.3) is 0 Å². The first-order chi connectivity index (χ1) is 10.6. The van der Waals surface area contributed by atoms with Crippen molar-refractivity contribution in [3.63, 3.8) is 0 Å². The summed E-state index contributed by atoms with van der Waals surface area (Å²) in [5, 5.41) is 0. The summed E-state index contributed by atoms with van der Waals surface area (Å²) >= 11 is 0. The average Bonchev–Trinajstić information content (AvgIpc) is 2.42. The van der Waals surface area contributed by atoms with E-state index in [1.165, 1.54) is 0 Å². The van der Waals surface area contributed by atoms with E-state index in [1.807, 2.05) is 0 Å². The molecule has 0 heterocycles. The lowest BCUT2D eigenvalue weighted by Gasteiger charge is -2.32. The van der Waals surface area contributed by atoms with Gasteiger partial charge in [0, 0.05) is 27.9 Å². The van der Waals surface area contributed by atoms with Gasteiger partial charge in [-0.2, -0.15) is 0 Å². The first kappa shape index (κ1) is 20.8. The standard InChI is InChI=1S/C13H21NO9/c1-6(15)21-9(11(19-4)13(18)20-5)10(22-7(2)16)12(14)23-8(3)17/h9-12H,14H2,1-5H3. The van der Waals surface area contributed by atoms with Gasteiger partial charge in [-0.15, -0.1) is 0 Å². The molecule has 0 aliphatic carbocycles. The van der Waals surface area contributed by atoms with Crippen LogP contribution in [0.4, 0.5) is 0 Å². The van der Waals surface area contributed by atoms with Gasteiger partial charge >= 0.3 is 23.9 Å². The summed E-state index contributed by atoms with van der Waals surface area (Å²) in [6.45, 7) is 3.22. The zero-order valence-electron chi connectivity index (χ0n) is 13.6. The molecule has 0 fully saturated rings. The van der Waals surface area contributed by atoms with E-state index in [-0.39, 0.29) is 0 Å². The topological polar surface area (TPSA) is 140 Å². The fourth-order valence-corrected chi connectivity index (χ4v) is 1.74. The monoisotopic (exact) mass is 335 g/mol. The second kappa shape index (κ2) is 9.74. The van der Waals surface area contributed by atoms with Crippen molar-refractivity contribution in [2.45, 2.75) is 45.3 Å². The SMILES string of the molecule is COC(=O)C(OC)C(OC(C)=O)C(OC(C)=O)C(N)OC(C)=O. The average molecular weight is 335 g/mol. The molecule has 0 aliphatic heterocycles. The van der Waals surface area contributed by atoms with Crippen LogP contribution in [-0.2, 0) is 42.9 Å². The first-order valence-corrected chi connectivity index (χ1v) is 6.51. The summed E-state index contributed by atoms with van der Waals surface area (Å²) in [6, 6.07) is 0. The molecule has 0 radical (unpaired) electrons. The van der Waals surface area contributed by atoms with Crippen molar-refractivity contribution in [3.8, 4) is 0 Å². The molecule has 10 heteroatoms. The third kappa shape index (κ3) is 7.06. The van der Waals surface area contributed by atoms with Gasteiger partial charge in [-0.3, -0.25) is 20.1 Å². The molecule has 0 saturated carbocycles. The zero-order valence-corrected chi connectivity index (χ0v) is 13.6. The van der Waals surface area contributed by atoms with Crippen LogP contribution in [0.15, 0.2) is 0 Å². The van der Waals surface area contributed by atoms with Crippen molar-refractivity contribution < 1.29 is 42.9 Å². The minimum Gasteiger partial charge on any atom is -0.467 e. The number of hydrogen-bond donors (Lipinski definition) is 1. The highest BCUT2D eigenvalue weighted by atomic mass is 16.6. The van der Waals surface area contributed by atoms with Crippen LogP contribution in [0, 0.1) is 0 Å². The van der Waals surface area contributed by atoms with Crippen molar-refractivity contribution in [2.75, 3.05) is 14.2 Å². The predicted octanol–water partition coefficient (Wildman–Crippen LogP) is -1.11. The molecule has 0 aromatic heterocycles. The maximum atomic E-state index is 11.8. The predicted molar refractivity (Wildman–Crippen MR) is 73.7 cm³/mol. The largest absolute Gasteiger partial charge is 0.467 e. The Kier molecular flexibility index (Phi) is 8.81. The van der Waals surface area contributed by atoms with Crippen LogP contribution in [0.3, 0.4) is 0 Å². The summed E-state index contributed by atoms with van der Waals surface area (Å²) in [6.07, 6.45) is -5.91. The van der Waals surface area contributed by atoms with Gasteiger partial charge in [-0.1, -0.05) is 0 Å². The molecule has 0 rings (SSSR count). The van der Waals surface area contributed by atoms with Gasteiger partial charge in [0.2, 0.25) is 0 Å². The molecule has 23 heavy (non-hydrogen) atoms. The van der Waals surface area contributed by atoms with Crippen molar-refractivity contribution in [2.24, 2.45) is 5.73 Å². The molecule has 10 nitrogen and oxygen atoms in total. The molecule has 4 unspecified atom stereocenters. The number of nitrogens with two attached hydrogens (primary N) is 1. The summed E-state index contributed by atoms with van der Waals surface area (Å²) in [5.74, 6) is -3.25. The van der Waals surface area contributed by atoms with Crippen LogP contribution in [-0.4, -0.2) is 62.6 Å². The Labute approximate surface area is 133 Å². The first-order valence-electron chi connectivity index (χ1n) is 6.51. The quantitative estimate of drug-likeness (QED) is 0.329. The van der Waals surface area contributed by atoms with Crippen molar-refractivity contribution in [1.82, 2.24) is 0 Å². The molecule has 0 amide bonds. The Morgan fingerprint density at radius 1 is 0.783 bits per heavy atom. The van der Waals surface area contributed by atoms with Crippen molar-refractivity contribution in [1.29, 1.82) is 0 Å². The molecule has 0 aromatic rings. The summed E-state index contributed by atoms with van der Waals surface area (Å²) in [5.41, 5.74) is 5.66. The van der Waals surface area contributed by atoms with Crippen LogP contribution in [0.25, 0.3) is 0 Å². The smallest absolute Gasteiger partial charge is 0.339 e. The highest BCUT2D eigenvalue weighted by molar-refractivity contribution is 5.76. The highest BCUT2D eigenvalue weighted by Crippen LogP contribution is 2.17. The van der Waals surface area contributed by atoms with Crippen LogP contribution in [0.2, 0.25) is 0 Å². The van der Waals surface area contributed by atoms with E-state index in [9.17, 15) is 19.2 Å². The van der Waals surface area contributed by atoms with E-state index in [4.69, 9.17) is 24.7 Å². The fourth-order valence-electron chi connectivity index (χ4n) is 1.74. The second-order valence-electron chi connectivity index (χ2n) is 4.40. The molecular weight excluding hydrogens is 314 g/mol. The summed E-state index contributed by atoms with van der Waals surface area (Å²) < 4.78 is 24.2. The number of rotatable bonds is 8. The molecule has 2 N–H and O–H groups in total. The fraction of sp³-hybridized carbons (Fsp3) is 0.692. The third-order valence-electron chi connectivity index (χ3n) is 2.54. The molecule has 4 atom stereocenters. The van der Waals surface area contributed by atoms with Crippen molar-refractivity contribution in [3.05, 3.63) is 0 Å². The lowest BCUT2D eigenvalue weighted by molar-refractivity contribution is -0.199. The maximum Gasteiger partial charge on any atom is 0.339 e. The number of ether oxygens (including phenoxy) is 5. The van der Waals surface area contributed by atoms with E-state index < -0.39 is 48.4 Å². The Hall–Kier alpha value is -2.20. The maximum absolute atomic E-state index is 11.8. The third-order valence-corrected chi connectivity index (χ3v) is 2.54. The van der Waals surface area contributed by atoms with E-state index in [2.05, 4.69) is 4.74 Å². The summed E-state index contributed by atoms with van der Waals surface area (Å²) in [4.78, 5) is 45.4. The number of hydrogen-bond acceptors (Lipinski definition) is 10. The molecule has 0 spiro atoms. The minimum atomic E-state index is -1.50. The van der Waals surface area contributed by atoms with E-state index in [0.717, 1.165) is 35.0 Å². The van der Waals surface area contributed by atoms with E-state index in [1.54, 1.807) is 0 Å². The van der Waals surface area contributed by atoms with Gasteiger partial charge in [-0.05, 0) is 0 Å². The second-order valence-corrected chi connectivity index (χ2v) is 4.40. The van der Waals surface area contributed by atoms with Crippen molar-refractivity contribution >= 4 is 23.9 Å². The molecule has 132 valence electrons. The lowest BCUT2D eigenvalue weighted by Crippen LogP contribution is -2.56. The van der Waals surface area contributed by atoms with Crippen LogP contribution < -0.4 is 5.73 Å². The Bertz CT molecular complexity index is 451. The molecule has 0 aromatic carbocycles. The number of carbonyl (C=O) groups excluding carboxylic acids is 4. The Morgan fingerprint density at radius 2 is 1.22 bits per heavy atom. The zero-order chi connectivity index (χ0) is 18.2. The van der Waals surface area contributed by atoms with Gasteiger partial charge in [0.05, 0.1) is 7.11 Å². The van der Waals surface area contributed by atoms with E-state index >= 15 is 0 Å². The van der Waals surface area contributed by atoms with Gasteiger partial charge < -0.3 is 23.7 Å². The minimum absolute atomic E-state index is 0.761. The lowest BCUT2D eigenvalue weighted by atomic mass is 10.1. The Balaban J connectivity index is 5.67. The van der Waals surface area contributed by atoms with Crippen LogP contribution in [0.1, 0.15) is 20.8 Å². The van der Waals surface area contributed by atoms with E-state index in [0.29, 0.717) is 0 Å². The highest BCUT2D eigenvalue weighted by Gasteiger charge is 2.44. The Morgan fingerprint density at radius 3 is 1.57 bits per heavy atom. The molecule has 0 aliphatic rings. The molecule has 0 saturated heterocycles. The molecule has 0 bridgehead atoms. The normalized spacial score (nSPS) is 15.6. The number of esters is 4. The number of methoxy groups -OCH3 is 2. The van der Waals surface area contributed by atoms with Gasteiger partial charge in [0.15, 0.2) is 24.5 Å².